The van der Waals surface area contributed by atoms with Crippen LogP contribution in [0.2, 0.25) is 0 Å². The molecule has 0 aliphatic carbocycles. The summed E-state index contributed by atoms with van der Waals surface area (Å²) in [6.07, 6.45) is 4.50. The van der Waals surface area contributed by atoms with Gasteiger partial charge < -0.3 is 4.57 Å². The maximum Gasteiger partial charge on any atom is 0.159 e. The molecule has 0 bridgehead atoms. The van der Waals surface area contributed by atoms with Gasteiger partial charge in [-0.3, -0.25) is 9.67 Å². The Morgan fingerprint density at radius 2 is 2.19 bits per heavy atom. The molecule has 0 aliphatic rings. The van der Waals surface area contributed by atoms with Crippen LogP contribution in [0.25, 0.3) is 11.2 Å². The van der Waals surface area contributed by atoms with E-state index in [1.54, 1.807) is 6.20 Å². The highest BCUT2D eigenvalue weighted by Crippen LogP contribution is 2.27. The molecule has 21 heavy (non-hydrogen) atoms. The van der Waals surface area contributed by atoms with Crippen LogP contribution in [0.3, 0.4) is 0 Å². The molecule has 1 unspecified atom stereocenters. The van der Waals surface area contributed by atoms with Crippen LogP contribution in [0.5, 0.6) is 0 Å². The molecular weight excluding hydrogens is 286 g/mol. The third-order valence-electron chi connectivity index (χ3n) is 3.58. The van der Waals surface area contributed by atoms with E-state index in [1.807, 2.05) is 30.9 Å². The molecule has 0 aromatic carbocycles. The highest BCUT2D eigenvalue weighted by Gasteiger charge is 2.21. The van der Waals surface area contributed by atoms with Crippen molar-refractivity contribution in [3.05, 3.63) is 41.6 Å². The Bertz CT molecular complexity index is 757. The summed E-state index contributed by atoms with van der Waals surface area (Å²) in [5.74, 6) is 0.873. The summed E-state index contributed by atoms with van der Waals surface area (Å²) < 4.78 is 4.02. The predicted octanol–water partition coefficient (Wildman–Crippen LogP) is 3.08. The van der Waals surface area contributed by atoms with Gasteiger partial charge >= 0.3 is 0 Å². The van der Waals surface area contributed by atoms with Crippen LogP contribution in [0.15, 0.2) is 24.5 Å². The maximum absolute atomic E-state index is 6.32. The van der Waals surface area contributed by atoms with Gasteiger partial charge in [0, 0.05) is 19.4 Å². The highest BCUT2D eigenvalue weighted by molar-refractivity contribution is 6.20. The van der Waals surface area contributed by atoms with Crippen molar-refractivity contribution in [2.75, 3.05) is 0 Å². The number of alkyl halides is 1. The number of halogens is 1. The lowest BCUT2D eigenvalue weighted by Crippen LogP contribution is -2.09. The summed E-state index contributed by atoms with van der Waals surface area (Å²) in [4.78, 5) is 8.90. The molecule has 5 nitrogen and oxygen atoms in total. The first-order chi connectivity index (χ1) is 10.1. The van der Waals surface area contributed by atoms with Crippen molar-refractivity contribution in [3.63, 3.8) is 0 Å². The van der Waals surface area contributed by atoms with E-state index < -0.39 is 0 Å². The molecule has 0 aliphatic heterocycles. The fraction of sp³-hybridized carbons (Fsp3) is 0.400. The molecule has 3 rings (SSSR count). The number of hydrogen-bond acceptors (Lipinski definition) is 3. The first-order valence-electron chi connectivity index (χ1n) is 7.06. The fourth-order valence-electron chi connectivity index (χ4n) is 2.63. The van der Waals surface area contributed by atoms with Gasteiger partial charge in [0.25, 0.3) is 0 Å². The maximum atomic E-state index is 6.32. The molecule has 0 spiro atoms. The summed E-state index contributed by atoms with van der Waals surface area (Å²) in [6, 6.07) is 3.99. The van der Waals surface area contributed by atoms with Gasteiger partial charge in [-0.15, -0.1) is 11.6 Å². The number of rotatable bonds is 4. The molecule has 0 saturated carbocycles. The van der Waals surface area contributed by atoms with Crippen LogP contribution >= 0.6 is 11.6 Å². The van der Waals surface area contributed by atoms with Crippen molar-refractivity contribution in [1.82, 2.24) is 24.3 Å². The molecule has 3 aromatic rings. The van der Waals surface area contributed by atoms with Crippen LogP contribution in [-0.2, 0) is 20.0 Å². The third-order valence-corrected chi connectivity index (χ3v) is 3.77. The number of aromatic nitrogens is 5. The van der Waals surface area contributed by atoms with Gasteiger partial charge in [-0.1, -0.05) is 13.0 Å². The van der Waals surface area contributed by atoms with E-state index >= 15 is 0 Å². The molecule has 1 atom stereocenters. The minimum atomic E-state index is -0.154. The molecule has 0 radical (unpaired) electrons. The molecule has 3 heterocycles. The smallest absolute Gasteiger partial charge is 0.159 e. The van der Waals surface area contributed by atoms with E-state index in [1.165, 1.54) is 0 Å². The summed E-state index contributed by atoms with van der Waals surface area (Å²) in [6.45, 7) is 4.73. The zero-order chi connectivity index (χ0) is 15.0. The van der Waals surface area contributed by atoms with Crippen LogP contribution in [0.1, 0.15) is 36.3 Å². The predicted molar refractivity (Wildman–Crippen MR) is 83.5 cm³/mol. The lowest BCUT2D eigenvalue weighted by Gasteiger charge is -2.10. The van der Waals surface area contributed by atoms with E-state index in [-0.39, 0.29) is 5.38 Å². The number of fused-ring (bicyclic) bond motifs is 1. The van der Waals surface area contributed by atoms with Crippen molar-refractivity contribution in [2.45, 2.75) is 32.2 Å². The Labute approximate surface area is 128 Å². The summed E-state index contributed by atoms with van der Waals surface area (Å²) in [5.41, 5.74) is 4.09. The molecule has 110 valence electrons. The molecule has 0 N–H and O–H groups in total. The third kappa shape index (κ3) is 2.42. The number of aryl methyl sites for hydroxylation is 2. The zero-order valence-electron chi connectivity index (χ0n) is 12.4. The van der Waals surface area contributed by atoms with Gasteiger partial charge in [0.2, 0.25) is 0 Å². The van der Waals surface area contributed by atoms with Crippen LogP contribution in [-0.4, -0.2) is 24.3 Å². The van der Waals surface area contributed by atoms with Gasteiger partial charge in [-0.25, -0.2) is 4.98 Å². The Balaban J connectivity index is 2.18. The van der Waals surface area contributed by atoms with Crippen LogP contribution in [0.4, 0.5) is 0 Å². The molecule has 6 heteroatoms. The number of imidazole rings is 1. The highest BCUT2D eigenvalue weighted by atomic mass is 35.5. The first-order valence-corrected chi connectivity index (χ1v) is 7.50. The number of nitrogens with zero attached hydrogens (tertiary/aromatic N) is 5. The SMILES string of the molecule is CCc1nn(C)c2c1nc(C(C)Cl)n2Cc1cccnc1. The van der Waals surface area contributed by atoms with E-state index in [2.05, 4.69) is 27.6 Å². The molecule has 0 saturated heterocycles. The van der Waals surface area contributed by atoms with Crippen LogP contribution in [0, 0.1) is 0 Å². The topological polar surface area (TPSA) is 48.5 Å². The van der Waals surface area contributed by atoms with Gasteiger partial charge in [-0.05, 0) is 25.0 Å². The Kier molecular flexibility index (Phi) is 3.68. The minimum Gasteiger partial charge on any atom is -0.307 e. The number of hydrogen-bond donors (Lipinski definition) is 0. The first kappa shape index (κ1) is 14.1. The molecule has 0 fully saturated rings. The quantitative estimate of drug-likeness (QED) is 0.696. The van der Waals surface area contributed by atoms with Crippen molar-refractivity contribution >= 4 is 22.8 Å². The standard InChI is InChI=1S/C15H18ClN5/c1-4-12-13-15(20(3)19-12)21(14(18-13)10(2)16)9-11-6-5-7-17-8-11/h5-8,10H,4,9H2,1-3H3. The van der Waals surface area contributed by atoms with Crippen molar-refractivity contribution < 1.29 is 0 Å². The number of pyridine rings is 1. The van der Waals surface area contributed by atoms with Crippen molar-refractivity contribution in [1.29, 1.82) is 0 Å². The average molecular weight is 304 g/mol. The lowest BCUT2D eigenvalue weighted by molar-refractivity contribution is 0.682. The minimum absolute atomic E-state index is 0.154. The molecular formula is C15H18ClN5. The summed E-state index contributed by atoms with van der Waals surface area (Å²) >= 11 is 6.32. The van der Waals surface area contributed by atoms with E-state index in [4.69, 9.17) is 16.6 Å². The van der Waals surface area contributed by atoms with Gasteiger partial charge in [0.15, 0.2) is 5.65 Å². The second-order valence-electron chi connectivity index (χ2n) is 5.13. The van der Waals surface area contributed by atoms with Crippen molar-refractivity contribution in [3.8, 4) is 0 Å². The lowest BCUT2D eigenvalue weighted by atomic mass is 10.3. The van der Waals surface area contributed by atoms with Crippen molar-refractivity contribution in [2.24, 2.45) is 7.05 Å². The largest absolute Gasteiger partial charge is 0.307 e. The summed E-state index contributed by atoms with van der Waals surface area (Å²) in [7, 11) is 1.95. The monoisotopic (exact) mass is 303 g/mol. The van der Waals surface area contributed by atoms with Crippen LogP contribution < -0.4 is 0 Å². The van der Waals surface area contributed by atoms with E-state index in [0.29, 0.717) is 6.54 Å². The Hall–Kier alpha value is -1.88. The van der Waals surface area contributed by atoms with E-state index in [9.17, 15) is 0 Å². The van der Waals surface area contributed by atoms with Gasteiger partial charge in [0.1, 0.15) is 11.3 Å². The van der Waals surface area contributed by atoms with Gasteiger partial charge in [-0.2, -0.15) is 5.10 Å². The molecule has 3 aromatic heterocycles. The van der Waals surface area contributed by atoms with Gasteiger partial charge in [0.05, 0.1) is 17.6 Å². The van der Waals surface area contributed by atoms with E-state index in [0.717, 1.165) is 34.7 Å². The molecule has 0 amide bonds. The average Bonchev–Trinajstić information content (AvgIpc) is 2.99. The second kappa shape index (κ2) is 5.48. The Morgan fingerprint density at radius 1 is 1.38 bits per heavy atom. The zero-order valence-corrected chi connectivity index (χ0v) is 13.2. The fourth-order valence-corrected chi connectivity index (χ4v) is 2.80. The summed E-state index contributed by atoms with van der Waals surface area (Å²) in [5, 5.41) is 4.39. The normalized spacial score (nSPS) is 13.0. The Morgan fingerprint density at radius 3 is 2.81 bits per heavy atom. The second-order valence-corrected chi connectivity index (χ2v) is 5.78.